The average Bonchev–Trinajstić information content (AvgIpc) is 2.23. The van der Waals surface area contributed by atoms with Crippen molar-refractivity contribution in [1.82, 2.24) is 0 Å². The first-order valence-electron chi connectivity index (χ1n) is 5.71. The summed E-state index contributed by atoms with van der Waals surface area (Å²) in [6, 6.07) is 4.48. The lowest BCUT2D eigenvalue weighted by Crippen LogP contribution is -2.27. The van der Waals surface area contributed by atoms with Crippen molar-refractivity contribution in [2.24, 2.45) is 11.7 Å². The van der Waals surface area contributed by atoms with Crippen LogP contribution in [0.4, 0.5) is 4.39 Å². The lowest BCUT2D eigenvalue weighted by molar-refractivity contribution is 0.152. The molecule has 0 saturated carbocycles. The van der Waals surface area contributed by atoms with Gasteiger partial charge in [-0.05, 0) is 42.5 Å². The molecule has 2 N–H and O–H groups in total. The van der Waals surface area contributed by atoms with E-state index in [0.717, 1.165) is 6.42 Å². The fourth-order valence-electron chi connectivity index (χ4n) is 1.93. The maximum atomic E-state index is 13.5. The minimum absolute atomic E-state index is 0.0758. The first-order chi connectivity index (χ1) is 8.02. The maximum Gasteiger partial charge on any atom is 0.126 e. The van der Waals surface area contributed by atoms with Gasteiger partial charge in [-0.1, -0.05) is 18.5 Å². The normalized spacial score (nSPS) is 14.6. The molecule has 0 aromatic heterocycles. The molecule has 1 aromatic rings. The van der Waals surface area contributed by atoms with Crippen LogP contribution in [0.5, 0.6) is 0 Å². The van der Waals surface area contributed by atoms with E-state index in [1.54, 1.807) is 19.2 Å². The summed E-state index contributed by atoms with van der Waals surface area (Å²) in [6.45, 7) is 2.74. The number of benzene rings is 1. The van der Waals surface area contributed by atoms with Crippen molar-refractivity contribution in [3.8, 4) is 0 Å². The van der Waals surface area contributed by atoms with Crippen LogP contribution in [0, 0.1) is 11.7 Å². The van der Waals surface area contributed by atoms with Gasteiger partial charge in [-0.2, -0.15) is 0 Å². The van der Waals surface area contributed by atoms with Crippen molar-refractivity contribution in [1.29, 1.82) is 0 Å². The van der Waals surface area contributed by atoms with E-state index >= 15 is 0 Å². The lowest BCUT2D eigenvalue weighted by Gasteiger charge is -2.17. The van der Waals surface area contributed by atoms with Gasteiger partial charge in [0.25, 0.3) is 0 Å². The van der Waals surface area contributed by atoms with Crippen molar-refractivity contribution < 1.29 is 9.13 Å². The first-order valence-corrected chi connectivity index (χ1v) is 6.09. The third-order valence-corrected chi connectivity index (χ3v) is 2.88. The molecular weight excluding hydrogens is 241 g/mol. The standard InChI is InChI=1S/C13H19ClFNO/c1-9(8-17-2)5-12(16)7-10-6-11(14)3-4-13(10)15/h3-4,6,9,12H,5,7-8,16H2,1-2H3. The Balaban J connectivity index is 2.55. The van der Waals surface area contributed by atoms with Crippen LogP contribution in [-0.4, -0.2) is 19.8 Å². The molecule has 0 aliphatic rings. The summed E-state index contributed by atoms with van der Waals surface area (Å²) in [5.41, 5.74) is 6.57. The Morgan fingerprint density at radius 1 is 1.47 bits per heavy atom. The second kappa shape index (κ2) is 6.94. The topological polar surface area (TPSA) is 35.2 Å². The molecule has 2 unspecified atom stereocenters. The number of ether oxygens (including phenoxy) is 1. The van der Waals surface area contributed by atoms with Gasteiger partial charge < -0.3 is 10.5 Å². The number of hydrogen-bond donors (Lipinski definition) is 1. The Bertz CT molecular complexity index is 359. The molecule has 0 heterocycles. The molecule has 0 aliphatic heterocycles. The van der Waals surface area contributed by atoms with E-state index in [1.807, 2.05) is 0 Å². The van der Waals surface area contributed by atoms with Crippen LogP contribution < -0.4 is 5.73 Å². The van der Waals surface area contributed by atoms with Crippen molar-refractivity contribution in [3.63, 3.8) is 0 Å². The van der Waals surface area contributed by atoms with Crippen LogP contribution in [0.2, 0.25) is 5.02 Å². The summed E-state index contributed by atoms with van der Waals surface area (Å²) in [7, 11) is 1.67. The zero-order valence-corrected chi connectivity index (χ0v) is 11.0. The van der Waals surface area contributed by atoms with Gasteiger partial charge in [0, 0.05) is 24.8 Å². The van der Waals surface area contributed by atoms with Crippen LogP contribution in [0.15, 0.2) is 18.2 Å². The molecule has 0 spiro atoms. The molecule has 0 radical (unpaired) electrons. The fraction of sp³-hybridized carbons (Fsp3) is 0.538. The van der Waals surface area contributed by atoms with Crippen LogP contribution >= 0.6 is 11.6 Å². The van der Waals surface area contributed by atoms with Crippen LogP contribution in [0.1, 0.15) is 18.9 Å². The number of hydrogen-bond acceptors (Lipinski definition) is 2. The van der Waals surface area contributed by atoms with E-state index in [9.17, 15) is 4.39 Å². The smallest absolute Gasteiger partial charge is 0.126 e. The quantitative estimate of drug-likeness (QED) is 0.852. The molecule has 1 rings (SSSR count). The molecule has 2 atom stereocenters. The van der Waals surface area contributed by atoms with Crippen molar-refractivity contribution in [2.45, 2.75) is 25.8 Å². The highest BCUT2D eigenvalue weighted by molar-refractivity contribution is 6.30. The van der Waals surface area contributed by atoms with Gasteiger partial charge in [0.05, 0.1) is 0 Å². The summed E-state index contributed by atoms with van der Waals surface area (Å²) in [6.07, 6.45) is 1.31. The third-order valence-electron chi connectivity index (χ3n) is 2.65. The van der Waals surface area contributed by atoms with E-state index in [0.29, 0.717) is 29.5 Å². The van der Waals surface area contributed by atoms with E-state index in [2.05, 4.69) is 6.92 Å². The highest BCUT2D eigenvalue weighted by Crippen LogP contribution is 2.17. The zero-order valence-electron chi connectivity index (χ0n) is 10.2. The van der Waals surface area contributed by atoms with Gasteiger partial charge in [0.2, 0.25) is 0 Å². The SMILES string of the molecule is COCC(C)CC(N)Cc1cc(Cl)ccc1F. The van der Waals surface area contributed by atoms with Gasteiger partial charge >= 0.3 is 0 Å². The molecule has 0 bridgehead atoms. The van der Waals surface area contributed by atoms with Crippen LogP contribution in [0.25, 0.3) is 0 Å². The number of methoxy groups -OCH3 is 1. The molecule has 96 valence electrons. The van der Waals surface area contributed by atoms with E-state index in [1.165, 1.54) is 6.07 Å². The van der Waals surface area contributed by atoms with Gasteiger partial charge in [-0.15, -0.1) is 0 Å². The summed E-state index contributed by atoms with van der Waals surface area (Å²) in [5, 5.41) is 0.540. The highest BCUT2D eigenvalue weighted by atomic mass is 35.5. The zero-order chi connectivity index (χ0) is 12.8. The first kappa shape index (κ1) is 14.4. The summed E-state index contributed by atoms with van der Waals surface area (Å²) >= 11 is 5.83. The largest absolute Gasteiger partial charge is 0.384 e. The Labute approximate surface area is 107 Å². The Kier molecular flexibility index (Phi) is 5.89. The molecule has 1 aromatic carbocycles. The molecule has 0 aliphatic carbocycles. The molecule has 0 saturated heterocycles. The van der Waals surface area contributed by atoms with Crippen LogP contribution in [0.3, 0.4) is 0 Å². The summed E-state index contributed by atoms with van der Waals surface area (Å²) < 4.78 is 18.5. The molecule has 0 fully saturated rings. The van der Waals surface area contributed by atoms with Gasteiger partial charge in [-0.25, -0.2) is 4.39 Å². The second-order valence-electron chi connectivity index (χ2n) is 4.50. The van der Waals surface area contributed by atoms with Crippen LogP contribution in [-0.2, 0) is 11.2 Å². The van der Waals surface area contributed by atoms with Crippen molar-refractivity contribution in [2.75, 3.05) is 13.7 Å². The molecule has 17 heavy (non-hydrogen) atoms. The Morgan fingerprint density at radius 3 is 2.82 bits per heavy atom. The monoisotopic (exact) mass is 259 g/mol. The van der Waals surface area contributed by atoms with Crippen molar-refractivity contribution in [3.05, 3.63) is 34.6 Å². The van der Waals surface area contributed by atoms with Gasteiger partial charge in [-0.3, -0.25) is 0 Å². The predicted molar refractivity (Wildman–Crippen MR) is 68.7 cm³/mol. The summed E-state index contributed by atoms with van der Waals surface area (Å²) in [5.74, 6) is 0.126. The molecule has 4 heteroatoms. The van der Waals surface area contributed by atoms with Gasteiger partial charge in [0.15, 0.2) is 0 Å². The summed E-state index contributed by atoms with van der Waals surface area (Å²) in [4.78, 5) is 0. The number of nitrogens with two attached hydrogens (primary N) is 1. The Morgan fingerprint density at radius 2 is 2.18 bits per heavy atom. The highest BCUT2D eigenvalue weighted by Gasteiger charge is 2.12. The van der Waals surface area contributed by atoms with E-state index in [-0.39, 0.29) is 11.9 Å². The van der Waals surface area contributed by atoms with E-state index < -0.39 is 0 Å². The molecular formula is C13H19ClFNO. The molecule has 0 amide bonds. The predicted octanol–water partition coefficient (Wildman–Crippen LogP) is 3.02. The molecule has 2 nitrogen and oxygen atoms in total. The number of halogens is 2. The van der Waals surface area contributed by atoms with E-state index in [4.69, 9.17) is 22.1 Å². The maximum absolute atomic E-state index is 13.5. The van der Waals surface area contributed by atoms with Gasteiger partial charge in [0.1, 0.15) is 5.82 Å². The Hall–Kier alpha value is -0.640. The lowest BCUT2D eigenvalue weighted by atomic mass is 9.97. The average molecular weight is 260 g/mol. The third kappa shape index (κ3) is 5.02. The minimum atomic E-state index is -0.246. The second-order valence-corrected chi connectivity index (χ2v) is 4.93. The number of rotatable bonds is 6. The minimum Gasteiger partial charge on any atom is -0.384 e. The van der Waals surface area contributed by atoms with Crippen molar-refractivity contribution >= 4 is 11.6 Å². The fourth-order valence-corrected chi connectivity index (χ4v) is 2.13.